The lowest BCUT2D eigenvalue weighted by atomic mass is 9.92. The first-order chi connectivity index (χ1) is 10.9. The summed E-state index contributed by atoms with van der Waals surface area (Å²) in [6.07, 6.45) is 0.678. The molecule has 1 heterocycles. The number of hydrogen-bond acceptors (Lipinski definition) is 5. The summed E-state index contributed by atoms with van der Waals surface area (Å²) in [6, 6.07) is 7.10. The predicted octanol–water partition coefficient (Wildman–Crippen LogP) is 3.40. The summed E-state index contributed by atoms with van der Waals surface area (Å²) < 4.78 is 5.88. The number of hydrogen-bond donors (Lipinski definition) is 3. The van der Waals surface area contributed by atoms with Crippen molar-refractivity contribution in [1.82, 2.24) is 0 Å². The monoisotopic (exact) mass is 312 g/mol. The molecule has 0 unspecified atom stereocenters. The van der Waals surface area contributed by atoms with Crippen molar-refractivity contribution >= 4 is 0 Å². The normalized spacial score (nSPS) is 11.0. The molecular formula is C18H16O5. The number of aromatic hydroxyl groups is 3. The van der Waals surface area contributed by atoms with E-state index in [0.717, 1.165) is 5.56 Å². The van der Waals surface area contributed by atoms with Crippen molar-refractivity contribution in [3.8, 4) is 39.7 Å². The molecule has 1 aromatic rings. The first kappa shape index (κ1) is 15.0. The van der Waals surface area contributed by atoms with E-state index in [2.05, 4.69) is 0 Å². The van der Waals surface area contributed by atoms with Gasteiger partial charge < -0.3 is 19.7 Å². The number of rotatable bonds is 2. The van der Waals surface area contributed by atoms with E-state index in [1.807, 2.05) is 6.92 Å². The highest BCUT2D eigenvalue weighted by molar-refractivity contribution is 5.84. The van der Waals surface area contributed by atoms with Crippen LogP contribution in [0, 0.1) is 6.92 Å². The van der Waals surface area contributed by atoms with Crippen molar-refractivity contribution in [2.45, 2.75) is 20.3 Å². The number of phenols is 3. The van der Waals surface area contributed by atoms with Crippen molar-refractivity contribution in [3.63, 3.8) is 0 Å². The summed E-state index contributed by atoms with van der Waals surface area (Å²) in [4.78, 5) is 11.8. The zero-order chi connectivity index (χ0) is 16.7. The maximum Gasteiger partial charge on any atom is 0.220 e. The van der Waals surface area contributed by atoms with Crippen molar-refractivity contribution in [2.24, 2.45) is 0 Å². The van der Waals surface area contributed by atoms with E-state index in [4.69, 9.17) is 4.42 Å². The zero-order valence-corrected chi connectivity index (χ0v) is 12.8. The largest absolute Gasteiger partial charge is 0.504 e. The Bertz CT molecular complexity index is 924. The van der Waals surface area contributed by atoms with Crippen LogP contribution >= 0.6 is 0 Å². The molecule has 0 fully saturated rings. The van der Waals surface area contributed by atoms with Crippen LogP contribution in [-0.2, 0) is 6.42 Å². The van der Waals surface area contributed by atoms with Crippen LogP contribution in [0.2, 0.25) is 0 Å². The van der Waals surface area contributed by atoms with E-state index >= 15 is 0 Å². The summed E-state index contributed by atoms with van der Waals surface area (Å²) >= 11 is 0. The van der Waals surface area contributed by atoms with Gasteiger partial charge in [-0.15, -0.1) is 0 Å². The standard InChI is InChI=1S/C18H16O5/c1-3-11-9(2)23-18(10-4-5-14(19)15(20)6-10)13-8-17(22)16(21)7-12(11)13/h4-8,19-20,22H,3H2,1-2H3. The van der Waals surface area contributed by atoms with Crippen molar-refractivity contribution < 1.29 is 19.7 Å². The quantitative estimate of drug-likeness (QED) is 0.631. The van der Waals surface area contributed by atoms with E-state index in [1.54, 1.807) is 13.0 Å². The van der Waals surface area contributed by atoms with Gasteiger partial charge >= 0.3 is 0 Å². The average Bonchev–Trinajstić information content (AvgIpc) is 2.51. The molecule has 3 rings (SSSR count). The summed E-state index contributed by atoms with van der Waals surface area (Å²) in [6.45, 7) is 3.76. The van der Waals surface area contributed by atoms with Crippen LogP contribution in [0.3, 0.4) is 0 Å². The van der Waals surface area contributed by atoms with Crippen LogP contribution in [0.15, 0.2) is 39.5 Å². The van der Waals surface area contributed by atoms with E-state index in [-0.39, 0.29) is 17.2 Å². The van der Waals surface area contributed by atoms with Gasteiger partial charge in [-0.3, -0.25) is 4.79 Å². The number of aryl methyl sites for hydroxylation is 1. The third kappa shape index (κ3) is 2.40. The number of fused-ring (bicyclic) bond motifs is 1. The lowest BCUT2D eigenvalue weighted by Gasteiger charge is -2.17. The molecule has 1 aliphatic heterocycles. The molecule has 0 radical (unpaired) electrons. The van der Waals surface area contributed by atoms with Gasteiger partial charge in [-0.05, 0) is 54.8 Å². The van der Waals surface area contributed by atoms with Gasteiger partial charge in [0.2, 0.25) is 5.43 Å². The minimum Gasteiger partial charge on any atom is -0.504 e. The van der Waals surface area contributed by atoms with Gasteiger partial charge in [-0.1, -0.05) is 6.92 Å². The SMILES string of the molecule is CCc1c2cc(=O)c(O)cc-2c(-c2ccc(O)c(O)c2)oc1C. The Hall–Kier alpha value is -2.95. The highest BCUT2D eigenvalue weighted by Gasteiger charge is 2.21. The van der Waals surface area contributed by atoms with Gasteiger partial charge in [-0.25, -0.2) is 0 Å². The fraction of sp³-hybridized carbons (Fsp3) is 0.167. The molecule has 1 aromatic carbocycles. The van der Waals surface area contributed by atoms with Crippen LogP contribution in [-0.4, -0.2) is 15.3 Å². The maximum atomic E-state index is 11.8. The Morgan fingerprint density at radius 2 is 1.70 bits per heavy atom. The van der Waals surface area contributed by atoms with E-state index in [1.165, 1.54) is 24.3 Å². The minimum atomic E-state index is -0.447. The van der Waals surface area contributed by atoms with Gasteiger partial charge in [0.15, 0.2) is 17.2 Å². The van der Waals surface area contributed by atoms with Gasteiger partial charge in [0.25, 0.3) is 0 Å². The smallest absolute Gasteiger partial charge is 0.220 e. The molecule has 0 aromatic heterocycles. The van der Waals surface area contributed by atoms with Crippen LogP contribution in [0.4, 0.5) is 0 Å². The first-order valence-electron chi connectivity index (χ1n) is 7.24. The fourth-order valence-corrected chi connectivity index (χ4v) is 2.78. The van der Waals surface area contributed by atoms with Crippen LogP contribution < -0.4 is 5.43 Å². The Balaban J connectivity index is 2.39. The molecule has 0 amide bonds. The van der Waals surface area contributed by atoms with Crippen LogP contribution in [0.1, 0.15) is 18.2 Å². The molecule has 0 bridgehead atoms. The zero-order valence-electron chi connectivity index (χ0n) is 12.8. The van der Waals surface area contributed by atoms with Gasteiger partial charge in [-0.2, -0.15) is 0 Å². The highest BCUT2D eigenvalue weighted by atomic mass is 16.3. The highest BCUT2D eigenvalue weighted by Crippen LogP contribution is 2.40. The van der Waals surface area contributed by atoms with Gasteiger partial charge in [0.05, 0.1) is 0 Å². The second kappa shape index (κ2) is 5.35. The number of benzene rings is 2. The van der Waals surface area contributed by atoms with Gasteiger partial charge in [0, 0.05) is 11.1 Å². The van der Waals surface area contributed by atoms with Crippen LogP contribution in [0.5, 0.6) is 17.2 Å². The lowest BCUT2D eigenvalue weighted by Crippen LogP contribution is -2.05. The summed E-state index contributed by atoms with van der Waals surface area (Å²) in [5.41, 5.74) is 2.27. The maximum absolute atomic E-state index is 11.8. The van der Waals surface area contributed by atoms with E-state index in [0.29, 0.717) is 34.6 Å². The van der Waals surface area contributed by atoms with Gasteiger partial charge in [0.1, 0.15) is 11.5 Å². The lowest BCUT2D eigenvalue weighted by molar-refractivity contribution is 0.403. The van der Waals surface area contributed by atoms with Crippen molar-refractivity contribution in [2.75, 3.05) is 0 Å². The third-order valence-corrected chi connectivity index (χ3v) is 3.94. The second-order valence-corrected chi connectivity index (χ2v) is 5.39. The molecular weight excluding hydrogens is 296 g/mol. The second-order valence-electron chi connectivity index (χ2n) is 5.39. The van der Waals surface area contributed by atoms with Crippen LogP contribution in [0.25, 0.3) is 22.5 Å². The summed E-state index contributed by atoms with van der Waals surface area (Å²) in [5.74, 6) is 0.216. The third-order valence-electron chi connectivity index (χ3n) is 3.94. The minimum absolute atomic E-state index is 0.232. The summed E-state index contributed by atoms with van der Waals surface area (Å²) in [5, 5.41) is 28.9. The number of phenolic OH excluding ortho intramolecular Hbond substituents is 3. The predicted molar refractivity (Wildman–Crippen MR) is 86.1 cm³/mol. The molecule has 118 valence electrons. The average molecular weight is 312 g/mol. The molecule has 3 N–H and O–H groups in total. The Kier molecular flexibility index (Phi) is 3.48. The topological polar surface area (TPSA) is 90.9 Å². The van der Waals surface area contributed by atoms with Crippen molar-refractivity contribution in [1.29, 1.82) is 0 Å². The first-order valence-corrected chi connectivity index (χ1v) is 7.24. The fourth-order valence-electron chi connectivity index (χ4n) is 2.78. The van der Waals surface area contributed by atoms with E-state index in [9.17, 15) is 20.1 Å². The molecule has 0 spiro atoms. The molecule has 5 heteroatoms. The Morgan fingerprint density at radius 3 is 2.35 bits per heavy atom. The van der Waals surface area contributed by atoms with Crippen molar-refractivity contribution in [3.05, 3.63) is 51.9 Å². The molecule has 5 nitrogen and oxygen atoms in total. The summed E-state index contributed by atoms with van der Waals surface area (Å²) in [7, 11) is 0. The Morgan fingerprint density at radius 1 is 0.957 bits per heavy atom. The molecule has 2 aliphatic rings. The molecule has 23 heavy (non-hydrogen) atoms. The van der Waals surface area contributed by atoms with E-state index < -0.39 is 5.43 Å². The molecule has 1 aliphatic carbocycles. The molecule has 0 atom stereocenters. The molecule has 0 saturated heterocycles. The molecule has 0 saturated carbocycles. The Labute approximate surface area is 132 Å².